The maximum Gasteiger partial charge on any atom is 0.269 e. The monoisotopic (exact) mass is 324 g/mol. The van der Waals surface area contributed by atoms with Crippen molar-refractivity contribution in [3.63, 3.8) is 0 Å². The van der Waals surface area contributed by atoms with Crippen LogP contribution in [-0.2, 0) is 7.05 Å². The van der Waals surface area contributed by atoms with Crippen molar-refractivity contribution in [2.75, 3.05) is 0 Å². The topological polar surface area (TPSA) is 56.7 Å². The minimum atomic E-state index is 0.425. The lowest BCUT2D eigenvalue weighted by atomic mass is 10.4. The van der Waals surface area contributed by atoms with E-state index in [4.69, 9.17) is 4.42 Å². The summed E-state index contributed by atoms with van der Waals surface area (Å²) in [6.45, 7) is 1.97. The molecule has 3 rings (SSSR count). The molecule has 0 aliphatic carbocycles. The average Bonchev–Trinajstić information content (AvgIpc) is 3.05. The third-order valence-corrected chi connectivity index (χ3v) is 4.43. The Morgan fingerprint density at radius 1 is 1.33 bits per heavy atom. The molecule has 3 heterocycles. The van der Waals surface area contributed by atoms with Crippen molar-refractivity contribution < 1.29 is 4.42 Å². The zero-order valence-electron chi connectivity index (χ0n) is 9.72. The molecule has 0 saturated heterocycles. The molecule has 0 amide bonds. The minimum absolute atomic E-state index is 0.425. The molecule has 0 aliphatic rings. The first-order valence-electron chi connectivity index (χ1n) is 5.23. The number of hydrogen-bond donors (Lipinski definition) is 0. The lowest BCUT2D eigenvalue weighted by molar-refractivity contribution is 0.581. The highest BCUT2D eigenvalue weighted by molar-refractivity contribution is 9.10. The molecule has 0 radical (unpaired) electrons. The highest BCUT2D eigenvalue weighted by atomic mass is 79.9. The van der Waals surface area contributed by atoms with Crippen molar-refractivity contribution in [2.45, 2.75) is 6.92 Å². The molecule has 3 aromatic heterocycles. The lowest BCUT2D eigenvalue weighted by Gasteiger charge is -1.89. The molecule has 0 aromatic carbocycles. The molecule has 7 heteroatoms. The predicted octanol–water partition coefficient (Wildman–Crippen LogP) is 3.27. The number of aromatic nitrogens is 4. The molecule has 0 unspecified atom stereocenters. The van der Waals surface area contributed by atoms with Gasteiger partial charge in [0.25, 0.3) is 11.8 Å². The summed E-state index contributed by atoms with van der Waals surface area (Å²) in [5, 5.41) is 14.4. The fourth-order valence-corrected chi connectivity index (χ4v) is 2.69. The van der Waals surface area contributed by atoms with Crippen LogP contribution < -0.4 is 0 Å². The number of hydrogen-bond acceptors (Lipinski definition) is 5. The van der Waals surface area contributed by atoms with Crippen LogP contribution in [0.2, 0.25) is 0 Å². The molecule has 5 nitrogen and oxygen atoms in total. The normalized spacial score (nSPS) is 11.1. The first kappa shape index (κ1) is 11.6. The summed E-state index contributed by atoms with van der Waals surface area (Å²) in [7, 11) is 1.88. The highest BCUT2D eigenvalue weighted by Gasteiger charge is 2.19. The molecule has 0 spiro atoms. The van der Waals surface area contributed by atoms with Gasteiger partial charge in [-0.15, -0.1) is 21.5 Å². The highest BCUT2D eigenvalue weighted by Crippen LogP contribution is 2.31. The van der Waals surface area contributed by atoms with E-state index in [2.05, 4.69) is 31.2 Å². The summed E-state index contributed by atoms with van der Waals surface area (Å²) in [5.74, 6) is 0.948. The maximum absolute atomic E-state index is 5.65. The number of aryl methyl sites for hydroxylation is 1. The Labute approximate surface area is 116 Å². The van der Waals surface area contributed by atoms with Crippen molar-refractivity contribution >= 4 is 27.3 Å². The van der Waals surface area contributed by atoms with Crippen LogP contribution in [0.25, 0.3) is 22.4 Å². The van der Waals surface area contributed by atoms with Crippen molar-refractivity contribution in [1.29, 1.82) is 0 Å². The maximum atomic E-state index is 5.65. The molecule has 0 fully saturated rings. The zero-order valence-corrected chi connectivity index (χ0v) is 12.1. The fraction of sp³-hybridized carbons (Fsp3) is 0.182. The second kappa shape index (κ2) is 4.33. The van der Waals surface area contributed by atoms with Gasteiger partial charge in [0.1, 0.15) is 0 Å². The van der Waals surface area contributed by atoms with E-state index in [1.54, 1.807) is 16.0 Å². The molecule has 92 valence electrons. The van der Waals surface area contributed by atoms with Crippen LogP contribution in [0.15, 0.2) is 26.4 Å². The van der Waals surface area contributed by atoms with Gasteiger partial charge in [-0.1, -0.05) is 6.07 Å². The Hall–Kier alpha value is -1.47. The van der Waals surface area contributed by atoms with Crippen LogP contribution in [-0.4, -0.2) is 20.0 Å². The number of thiophene rings is 1. The summed E-state index contributed by atoms with van der Waals surface area (Å²) in [4.78, 5) is 0.956. The summed E-state index contributed by atoms with van der Waals surface area (Å²) in [6.07, 6.45) is 0. The van der Waals surface area contributed by atoms with Crippen LogP contribution in [0.3, 0.4) is 0 Å². The summed E-state index contributed by atoms with van der Waals surface area (Å²) >= 11 is 5.05. The molecule has 0 aliphatic heterocycles. The van der Waals surface area contributed by atoms with E-state index in [9.17, 15) is 0 Å². The Morgan fingerprint density at radius 2 is 2.11 bits per heavy atom. The quantitative estimate of drug-likeness (QED) is 0.726. The predicted molar refractivity (Wildman–Crippen MR) is 72.3 cm³/mol. The van der Waals surface area contributed by atoms with Gasteiger partial charge in [-0.25, -0.2) is 0 Å². The van der Waals surface area contributed by atoms with Crippen LogP contribution >= 0.6 is 27.3 Å². The fourth-order valence-electron chi connectivity index (χ4n) is 1.54. The van der Waals surface area contributed by atoms with Gasteiger partial charge >= 0.3 is 0 Å². The number of nitrogens with zero attached hydrogens (tertiary/aromatic N) is 4. The van der Waals surface area contributed by atoms with Gasteiger partial charge in [0.05, 0.1) is 15.0 Å². The third kappa shape index (κ3) is 1.79. The van der Waals surface area contributed by atoms with Crippen molar-refractivity contribution in [3.8, 4) is 22.4 Å². The average molecular weight is 325 g/mol. The van der Waals surface area contributed by atoms with Gasteiger partial charge < -0.3 is 4.42 Å². The first-order chi connectivity index (χ1) is 8.66. The van der Waals surface area contributed by atoms with Crippen LogP contribution in [0.4, 0.5) is 0 Å². The Kier molecular flexibility index (Phi) is 2.79. The standard InChI is InChI=1S/C11H9BrN4OS/c1-6-8(12)9(15-16(6)2)11-14-13-10(17-11)7-4-3-5-18-7/h3-5H,1-2H3. The number of halogens is 1. The SMILES string of the molecule is Cc1c(Br)c(-c2nnc(-c3cccs3)o2)nn1C. The Morgan fingerprint density at radius 3 is 2.72 bits per heavy atom. The summed E-state index contributed by atoms with van der Waals surface area (Å²) < 4.78 is 8.30. The summed E-state index contributed by atoms with van der Waals surface area (Å²) in [6, 6.07) is 3.89. The van der Waals surface area contributed by atoms with Crippen molar-refractivity contribution in [2.24, 2.45) is 7.05 Å². The first-order valence-corrected chi connectivity index (χ1v) is 6.91. The van der Waals surface area contributed by atoms with Gasteiger partial charge in [0.2, 0.25) is 0 Å². The van der Waals surface area contributed by atoms with Gasteiger partial charge in [0, 0.05) is 7.05 Å². The minimum Gasteiger partial charge on any atom is -0.414 e. The molecule has 3 aromatic rings. The van der Waals surface area contributed by atoms with E-state index in [1.807, 2.05) is 31.5 Å². The molecule has 0 atom stereocenters. The van der Waals surface area contributed by atoms with Gasteiger partial charge in [-0.2, -0.15) is 5.10 Å². The molecular weight excluding hydrogens is 316 g/mol. The van der Waals surface area contributed by atoms with Crippen LogP contribution in [0.1, 0.15) is 5.69 Å². The molecule has 0 N–H and O–H groups in total. The lowest BCUT2D eigenvalue weighted by Crippen LogP contribution is -1.92. The second-order valence-corrected chi connectivity index (χ2v) is 5.50. The van der Waals surface area contributed by atoms with Gasteiger partial charge in [0.15, 0.2) is 5.69 Å². The summed E-state index contributed by atoms with van der Waals surface area (Å²) in [5.41, 5.74) is 1.69. The van der Waals surface area contributed by atoms with Crippen molar-refractivity contribution in [3.05, 3.63) is 27.7 Å². The van der Waals surface area contributed by atoms with Crippen LogP contribution in [0.5, 0.6) is 0 Å². The Bertz CT molecular complexity index is 686. The van der Waals surface area contributed by atoms with E-state index in [1.165, 1.54) is 0 Å². The van der Waals surface area contributed by atoms with E-state index >= 15 is 0 Å². The van der Waals surface area contributed by atoms with E-state index in [-0.39, 0.29) is 0 Å². The van der Waals surface area contributed by atoms with Gasteiger partial charge in [-0.3, -0.25) is 4.68 Å². The number of rotatable bonds is 2. The van der Waals surface area contributed by atoms with Crippen molar-refractivity contribution in [1.82, 2.24) is 20.0 Å². The second-order valence-electron chi connectivity index (χ2n) is 3.76. The van der Waals surface area contributed by atoms with E-state index < -0.39 is 0 Å². The largest absolute Gasteiger partial charge is 0.414 e. The Balaban J connectivity index is 2.06. The smallest absolute Gasteiger partial charge is 0.269 e. The van der Waals surface area contributed by atoms with Crippen LogP contribution in [0, 0.1) is 6.92 Å². The van der Waals surface area contributed by atoms with Gasteiger partial charge in [-0.05, 0) is 34.3 Å². The molecule has 18 heavy (non-hydrogen) atoms. The zero-order chi connectivity index (χ0) is 12.7. The third-order valence-electron chi connectivity index (χ3n) is 2.62. The molecule has 0 bridgehead atoms. The molecular formula is C11H9BrN4OS. The molecule has 0 saturated carbocycles. The van der Waals surface area contributed by atoms with E-state index in [0.717, 1.165) is 15.0 Å². The van der Waals surface area contributed by atoms with E-state index in [0.29, 0.717) is 17.5 Å².